The molecule has 0 aliphatic carbocycles. The molecular weight excluding hydrogens is 298 g/mol. The Hall–Kier alpha value is -2.26. The number of benzene rings is 1. The van der Waals surface area contributed by atoms with E-state index in [0.29, 0.717) is 28.8 Å². The van der Waals surface area contributed by atoms with Gasteiger partial charge in [0.2, 0.25) is 0 Å². The Kier molecular flexibility index (Phi) is 5.61. The van der Waals surface area contributed by atoms with Crippen LogP contribution in [0.2, 0.25) is 0 Å². The minimum Gasteiger partial charge on any atom is -0.494 e. The van der Waals surface area contributed by atoms with Crippen LogP contribution in [-0.2, 0) is 0 Å². The van der Waals surface area contributed by atoms with Crippen LogP contribution in [0.3, 0.4) is 0 Å². The van der Waals surface area contributed by atoms with Gasteiger partial charge in [-0.15, -0.1) is 0 Å². The third-order valence-corrected chi connectivity index (χ3v) is 3.66. The molecule has 22 heavy (non-hydrogen) atoms. The maximum Gasteiger partial charge on any atom is 0.270 e. The van der Waals surface area contributed by atoms with Gasteiger partial charge in [0.1, 0.15) is 17.4 Å². The molecule has 2 aromatic rings. The van der Waals surface area contributed by atoms with Crippen LogP contribution in [0.1, 0.15) is 25.3 Å². The van der Waals surface area contributed by atoms with Crippen LogP contribution in [0.25, 0.3) is 11.3 Å². The van der Waals surface area contributed by atoms with E-state index in [2.05, 4.69) is 16.9 Å². The molecule has 0 radical (unpaired) electrons. The SMILES string of the molecule is CCCCOc1cccc(-c2nc(SC)[nH]c(=O)c2C#N)c1. The van der Waals surface area contributed by atoms with Crippen molar-refractivity contribution in [3.8, 4) is 23.1 Å². The normalized spacial score (nSPS) is 10.2. The summed E-state index contributed by atoms with van der Waals surface area (Å²) in [5.41, 5.74) is 0.682. The number of hydrogen-bond donors (Lipinski definition) is 1. The van der Waals surface area contributed by atoms with Crippen LogP contribution in [0.5, 0.6) is 5.75 Å². The number of nitriles is 1. The highest BCUT2D eigenvalue weighted by Crippen LogP contribution is 2.25. The van der Waals surface area contributed by atoms with E-state index in [0.717, 1.165) is 12.8 Å². The summed E-state index contributed by atoms with van der Waals surface area (Å²) < 4.78 is 5.67. The van der Waals surface area contributed by atoms with E-state index in [1.807, 2.05) is 36.6 Å². The number of thioether (sulfide) groups is 1. The van der Waals surface area contributed by atoms with E-state index in [1.54, 1.807) is 0 Å². The molecule has 5 nitrogen and oxygen atoms in total. The first kappa shape index (κ1) is 16.1. The lowest BCUT2D eigenvalue weighted by atomic mass is 10.1. The summed E-state index contributed by atoms with van der Waals surface area (Å²) in [5.74, 6) is 0.711. The van der Waals surface area contributed by atoms with Gasteiger partial charge in [-0.25, -0.2) is 4.98 Å². The molecule has 0 atom stereocenters. The predicted molar refractivity (Wildman–Crippen MR) is 87.2 cm³/mol. The summed E-state index contributed by atoms with van der Waals surface area (Å²) in [4.78, 5) is 18.9. The molecule has 2 rings (SSSR count). The van der Waals surface area contributed by atoms with Crippen molar-refractivity contribution in [1.82, 2.24) is 9.97 Å². The van der Waals surface area contributed by atoms with E-state index in [1.165, 1.54) is 11.8 Å². The van der Waals surface area contributed by atoms with Crippen LogP contribution in [0, 0.1) is 11.3 Å². The standard InChI is InChI=1S/C16H17N3O2S/c1-3-4-8-21-12-7-5-6-11(9-12)14-13(10-17)15(20)19-16(18-14)22-2/h5-7,9H,3-4,8H2,1-2H3,(H,18,19,20). The highest BCUT2D eigenvalue weighted by Gasteiger charge is 2.13. The Morgan fingerprint density at radius 2 is 2.27 bits per heavy atom. The van der Waals surface area contributed by atoms with Gasteiger partial charge in [-0.2, -0.15) is 5.26 Å². The molecule has 0 saturated heterocycles. The third kappa shape index (κ3) is 3.68. The Bertz CT molecular complexity index is 750. The number of hydrogen-bond acceptors (Lipinski definition) is 5. The number of ether oxygens (including phenoxy) is 1. The average molecular weight is 315 g/mol. The van der Waals surface area contributed by atoms with Gasteiger partial charge in [-0.3, -0.25) is 4.79 Å². The molecule has 1 N–H and O–H groups in total. The van der Waals surface area contributed by atoms with Gasteiger partial charge in [-0.05, 0) is 24.8 Å². The van der Waals surface area contributed by atoms with E-state index in [-0.39, 0.29) is 5.56 Å². The Morgan fingerprint density at radius 3 is 2.95 bits per heavy atom. The lowest BCUT2D eigenvalue weighted by Crippen LogP contribution is -2.14. The van der Waals surface area contributed by atoms with Crippen molar-refractivity contribution < 1.29 is 4.74 Å². The highest BCUT2D eigenvalue weighted by atomic mass is 32.2. The molecule has 114 valence electrons. The van der Waals surface area contributed by atoms with Gasteiger partial charge in [0.05, 0.1) is 12.3 Å². The van der Waals surface area contributed by atoms with E-state index >= 15 is 0 Å². The fourth-order valence-electron chi connectivity index (χ4n) is 1.93. The zero-order valence-electron chi connectivity index (χ0n) is 12.5. The number of nitrogens with zero attached hydrogens (tertiary/aromatic N) is 2. The topological polar surface area (TPSA) is 78.8 Å². The fourth-order valence-corrected chi connectivity index (χ4v) is 2.31. The summed E-state index contributed by atoms with van der Waals surface area (Å²) in [5, 5.41) is 9.70. The minimum atomic E-state index is -0.422. The van der Waals surface area contributed by atoms with Gasteiger partial charge in [-0.1, -0.05) is 37.2 Å². The van der Waals surface area contributed by atoms with E-state index < -0.39 is 5.56 Å². The van der Waals surface area contributed by atoms with Crippen molar-refractivity contribution in [2.24, 2.45) is 0 Å². The van der Waals surface area contributed by atoms with Gasteiger partial charge in [0.25, 0.3) is 5.56 Å². The molecule has 0 spiro atoms. The van der Waals surface area contributed by atoms with Crippen LogP contribution < -0.4 is 10.3 Å². The molecular formula is C16H17N3O2S. The number of nitrogens with one attached hydrogen (secondary N) is 1. The van der Waals surface area contributed by atoms with Gasteiger partial charge in [0.15, 0.2) is 5.16 Å². The summed E-state index contributed by atoms with van der Waals surface area (Å²) >= 11 is 1.32. The second kappa shape index (κ2) is 7.66. The number of aromatic nitrogens is 2. The second-order valence-electron chi connectivity index (χ2n) is 4.64. The first-order valence-electron chi connectivity index (χ1n) is 7.01. The number of H-pyrrole nitrogens is 1. The summed E-state index contributed by atoms with van der Waals surface area (Å²) in [6, 6.07) is 9.24. The maximum absolute atomic E-state index is 12.0. The number of aromatic amines is 1. The van der Waals surface area contributed by atoms with Gasteiger partial charge in [0, 0.05) is 5.56 Å². The summed E-state index contributed by atoms with van der Waals surface area (Å²) in [6.45, 7) is 2.74. The molecule has 1 aromatic carbocycles. The average Bonchev–Trinajstić information content (AvgIpc) is 2.54. The second-order valence-corrected chi connectivity index (χ2v) is 5.44. The van der Waals surface area contributed by atoms with E-state index in [4.69, 9.17) is 4.74 Å². The first-order chi connectivity index (χ1) is 10.7. The van der Waals surface area contributed by atoms with Crippen molar-refractivity contribution in [3.05, 3.63) is 40.2 Å². The summed E-state index contributed by atoms with van der Waals surface area (Å²) in [7, 11) is 0. The lowest BCUT2D eigenvalue weighted by molar-refractivity contribution is 0.309. The third-order valence-electron chi connectivity index (χ3n) is 3.08. The Balaban J connectivity index is 2.43. The first-order valence-corrected chi connectivity index (χ1v) is 8.23. The van der Waals surface area contributed by atoms with Crippen molar-refractivity contribution in [1.29, 1.82) is 5.26 Å². The molecule has 0 bridgehead atoms. The largest absolute Gasteiger partial charge is 0.494 e. The zero-order valence-corrected chi connectivity index (χ0v) is 13.4. The monoisotopic (exact) mass is 315 g/mol. The molecule has 0 aliphatic rings. The quantitative estimate of drug-likeness (QED) is 0.503. The molecule has 0 amide bonds. The number of rotatable bonds is 6. The van der Waals surface area contributed by atoms with Gasteiger partial charge < -0.3 is 9.72 Å². The van der Waals surface area contributed by atoms with Crippen LogP contribution >= 0.6 is 11.8 Å². The molecule has 1 aromatic heterocycles. The van der Waals surface area contributed by atoms with Crippen molar-refractivity contribution in [2.75, 3.05) is 12.9 Å². The zero-order chi connectivity index (χ0) is 15.9. The molecule has 0 unspecified atom stereocenters. The van der Waals surface area contributed by atoms with Crippen LogP contribution in [0.4, 0.5) is 0 Å². The Morgan fingerprint density at radius 1 is 1.45 bits per heavy atom. The fraction of sp³-hybridized carbons (Fsp3) is 0.312. The van der Waals surface area contributed by atoms with Gasteiger partial charge >= 0.3 is 0 Å². The van der Waals surface area contributed by atoms with E-state index in [9.17, 15) is 10.1 Å². The summed E-state index contributed by atoms with van der Waals surface area (Å²) in [6.07, 6.45) is 3.86. The smallest absolute Gasteiger partial charge is 0.270 e. The molecule has 0 fully saturated rings. The van der Waals surface area contributed by atoms with Crippen LogP contribution in [0.15, 0.2) is 34.2 Å². The lowest BCUT2D eigenvalue weighted by Gasteiger charge is -2.09. The molecule has 0 saturated carbocycles. The van der Waals surface area contributed by atoms with Crippen molar-refractivity contribution >= 4 is 11.8 Å². The predicted octanol–water partition coefficient (Wildman–Crippen LogP) is 3.21. The Labute approximate surface area is 133 Å². The highest BCUT2D eigenvalue weighted by molar-refractivity contribution is 7.98. The minimum absolute atomic E-state index is 0.0171. The van der Waals surface area contributed by atoms with Crippen molar-refractivity contribution in [3.63, 3.8) is 0 Å². The molecule has 6 heteroatoms. The molecule has 1 heterocycles. The van der Waals surface area contributed by atoms with Crippen molar-refractivity contribution in [2.45, 2.75) is 24.9 Å². The molecule has 0 aliphatic heterocycles. The number of unbranched alkanes of at least 4 members (excludes halogenated alkanes) is 1. The maximum atomic E-state index is 12.0. The van der Waals surface area contributed by atoms with Crippen LogP contribution in [-0.4, -0.2) is 22.8 Å².